The lowest BCUT2D eigenvalue weighted by atomic mass is 10.1. The predicted molar refractivity (Wildman–Crippen MR) is 243 cm³/mol. The van der Waals surface area contributed by atoms with Gasteiger partial charge in [0.25, 0.3) is 0 Å². The third-order valence-corrected chi connectivity index (χ3v) is 14.3. The molecule has 3 fully saturated rings. The van der Waals surface area contributed by atoms with Gasteiger partial charge in [-0.15, -0.1) is 0 Å². The fraction of sp³-hybridized carbons (Fsp3) is 0.438. The highest BCUT2D eigenvalue weighted by molar-refractivity contribution is 6.76. The number of aromatic amines is 1. The maximum absolute atomic E-state index is 5.93. The van der Waals surface area contributed by atoms with E-state index in [-0.39, 0.29) is 0 Å². The molecule has 0 atom stereocenters. The third-order valence-electron chi connectivity index (χ3n) is 10.9. The Morgan fingerprint density at radius 1 is 0.552 bits per heavy atom. The highest BCUT2D eigenvalue weighted by Crippen LogP contribution is 2.45. The second kappa shape index (κ2) is 19.1. The lowest BCUT2D eigenvalue weighted by Gasteiger charge is -2.16. The fourth-order valence-corrected chi connectivity index (χ4v) is 8.57. The summed E-state index contributed by atoms with van der Waals surface area (Å²) in [6.07, 6.45) is 13.4. The molecule has 0 spiro atoms. The van der Waals surface area contributed by atoms with Crippen LogP contribution < -0.4 is 0 Å². The Hall–Kier alpha value is -4.36. The highest BCUT2D eigenvalue weighted by atomic mass is 28.3. The lowest BCUT2D eigenvalue weighted by molar-refractivity contribution is 0.0853. The zero-order chi connectivity index (χ0) is 40.5. The average molecular weight is 813 g/mol. The van der Waals surface area contributed by atoms with Crippen LogP contribution in [-0.4, -0.2) is 58.4 Å². The molecule has 3 saturated carbocycles. The van der Waals surface area contributed by atoms with Crippen molar-refractivity contribution in [3.63, 3.8) is 0 Å². The van der Waals surface area contributed by atoms with Gasteiger partial charge in [-0.2, -0.15) is 0 Å². The second-order valence-corrected chi connectivity index (χ2v) is 29.9. The maximum atomic E-state index is 5.93. The molecular weight excluding hydrogens is 749 g/mol. The zero-order valence-electron chi connectivity index (χ0n) is 35.7. The summed E-state index contributed by atoms with van der Waals surface area (Å²) in [5.74, 6) is 2.05. The first-order chi connectivity index (χ1) is 28.0. The summed E-state index contributed by atoms with van der Waals surface area (Å²) in [5.41, 5.74) is 11.1. The van der Waals surface area contributed by atoms with Crippen LogP contribution in [-0.2, 0) is 22.9 Å². The second-order valence-electron chi connectivity index (χ2n) is 18.7. The Kier molecular flexibility index (Phi) is 13.8. The van der Waals surface area contributed by atoms with E-state index in [1.807, 2.05) is 18.7 Å². The van der Waals surface area contributed by atoms with E-state index in [0.29, 0.717) is 25.3 Å². The topological polar surface area (TPSA) is 82.8 Å². The Labute approximate surface area is 348 Å². The summed E-state index contributed by atoms with van der Waals surface area (Å²) < 4.78 is 16.2. The minimum absolute atomic E-state index is 0.606. The van der Waals surface area contributed by atoms with E-state index >= 15 is 0 Å². The van der Waals surface area contributed by atoms with Crippen molar-refractivity contribution in [1.82, 2.24) is 29.1 Å². The quantitative estimate of drug-likeness (QED) is 0.0777. The van der Waals surface area contributed by atoms with Crippen LogP contribution in [0.5, 0.6) is 0 Å². The molecule has 0 radical (unpaired) electrons. The van der Waals surface area contributed by atoms with E-state index in [9.17, 15) is 0 Å². The van der Waals surface area contributed by atoms with Gasteiger partial charge in [0.1, 0.15) is 13.5 Å². The van der Waals surface area contributed by atoms with E-state index in [1.54, 1.807) is 6.33 Å². The SMILES string of the molecule is C[Si](C)(C)CCOCn1cnc(-c2ccccc2)c1C1CC1.C[Si](C)(C)CCOCn1cnc(C2CC2)c1-c1ccccc1.c1ccc(-c2nc[nH]c2C2CC2)cc1. The first-order valence-electron chi connectivity index (χ1n) is 21.5. The van der Waals surface area contributed by atoms with Gasteiger partial charge in [0.15, 0.2) is 0 Å². The molecule has 9 rings (SSSR count). The normalized spacial score (nSPS) is 15.3. The number of hydrogen-bond acceptors (Lipinski definition) is 5. The summed E-state index contributed by atoms with van der Waals surface area (Å²) in [4.78, 5) is 17.0. The van der Waals surface area contributed by atoms with Gasteiger partial charge in [-0.25, -0.2) is 15.0 Å². The number of nitrogens with one attached hydrogen (secondary N) is 1. The van der Waals surface area contributed by atoms with Crippen LogP contribution in [0.4, 0.5) is 0 Å². The Morgan fingerprint density at radius 2 is 1.03 bits per heavy atom. The van der Waals surface area contributed by atoms with Gasteiger partial charge in [0.2, 0.25) is 0 Å². The largest absolute Gasteiger partial charge is 0.361 e. The van der Waals surface area contributed by atoms with Crippen LogP contribution in [0.25, 0.3) is 33.8 Å². The summed E-state index contributed by atoms with van der Waals surface area (Å²) in [7, 11) is -2.04. The molecule has 3 heterocycles. The molecule has 0 unspecified atom stereocenters. The molecule has 0 saturated heterocycles. The van der Waals surface area contributed by atoms with E-state index in [4.69, 9.17) is 9.47 Å². The van der Waals surface area contributed by atoms with E-state index in [1.165, 1.54) is 90.1 Å². The molecule has 0 aliphatic heterocycles. The molecule has 10 heteroatoms. The van der Waals surface area contributed by atoms with Crippen molar-refractivity contribution in [2.24, 2.45) is 0 Å². The van der Waals surface area contributed by atoms with Crippen molar-refractivity contribution in [3.05, 3.63) is 127 Å². The van der Waals surface area contributed by atoms with Crippen LogP contribution in [0.1, 0.15) is 73.4 Å². The molecular formula is C48H64N6O2Si2. The minimum Gasteiger partial charge on any atom is -0.361 e. The molecule has 0 amide bonds. The van der Waals surface area contributed by atoms with Crippen molar-refractivity contribution in [1.29, 1.82) is 0 Å². The van der Waals surface area contributed by atoms with Gasteiger partial charge in [-0.3, -0.25) is 0 Å². The number of ether oxygens (including phenoxy) is 2. The summed E-state index contributed by atoms with van der Waals surface area (Å²) in [6, 6.07) is 33.9. The number of benzene rings is 3. The van der Waals surface area contributed by atoms with Crippen molar-refractivity contribution in [3.8, 4) is 33.8 Å². The molecule has 8 nitrogen and oxygen atoms in total. The van der Waals surface area contributed by atoms with Gasteiger partial charge in [0, 0.05) is 69.5 Å². The van der Waals surface area contributed by atoms with Crippen molar-refractivity contribution < 1.29 is 9.47 Å². The molecule has 3 aliphatic rings. The van der Waals surface area contributed by atoms with E-state index < -0.39 is 16.1 Å². The summed E-state index contributed by atoms with van der Waals surface area (Å²) in [5, 5.41) is 0. The molecule has 6 aromatic rings. The van der Waals surface area contributed by atoms with Crippen LogP contribution in [0, 0.1) is 0 Å². The van der Waals surface area contributed by atoms with Crippen LogP contribution in [0.2, 0.25) is 51.4 Å². The molecule has 3 aromatic carbocycles. The summed E-state index contributed by atoms with van der Waals surface area (Å²) >= 11 is 0. The summed E-state index contributed by atoms with van der Waals surface area (Å²) in [6.45, 7) is 17.3. The van der Waals surface area contributed by atoms with Gasteiger partial charge in [-0.1, -0.05) is 130 Å². The van der Waals surface area contributed by atoms with Crippen molar-refractivity contribution in [2.45, 2.75) is 121 Å². The molecule has 1 N–H and O–H groups in total. The van der Waals surface area contributed by atoms with Crippen LogP contribution in [0.15, 0.2) is 110 Å². The van der Waals surface area contributed by atoms with Gasteiger partial charge in [-0.05, 0) is 50.6 Å². The number of aromatic nitrogens is 6. The Morgan fingerprint density at radius 3 is 1.55 bits per heavy atom. The van der Waals surface area contributed by atoms with E-state index in [0.717, 1.165) is 30.5 Å². The van der Waals surface area contributed by atoms with Crippen LogP contribution >= 0.6 is 0 Å². The third kappa shape index (κ3) is 12.1. The minimum atomic E-state index is -1.03. The van der Waals surface area contributed by atoms with Gasteiger partial charge in [0.05, 0.1) is 47.5 Å². The molecule has 3 aromatic heterocycles. The number of hydrogen-bond donors (Lipinski definition) is 1. The fourth-order valence-electron chi connectivity index (χ4n) is 7.05. The first-order valence-corrected chi connectivity index (χ1v) is 28.9. The van der Waals surface area contributed by atoms with Crippen LogP contribution in [0.3, 0.4) is 0 Å². The van der Waals surface area contributed by atoms with Gasteiger partial charge >= 0.3 is 0 Å². The number of H-pyrrole nitrogens is 1. The number of imidazole rings is 3. The van der Waals surface area contributed by atoms with Crippen molar-refractivity contribution >= 4 is 16.1 Å². The Balaban J connectivity index is 0.000000136. The lowest BCUT2D eigenvalue weighted by Crippen LogP contribution is -2.22. The molecule has 58 heavy (non-hydrogen) atoms. The molecule has 0 bridgehead atoms. The van der Waals surface area contributed by atoms with Crippen molar-refractivity contribution in [2.75, 3.05) is 13.2 Å². The number of nitrogens with zero attached hydrogens (tertiary/aromatic N) is 5. The molecule has 306 valence electrons. The van der Waals surface area contributed by atoms with E-state index in [2.05, 4.69) is 153 Å². The zero-order valence-corrected chi connectivity index (χ0v) is 37.7. The van der Waals surface area contributed by atoms with Gasteiger partial charge < -0.3 is 23.6 Å². The molecule has 3 aliphatic carbocycles. The number of rotatable bonds is 16. The average Bonchev–Trinajstić information content (AvgIpc) is 4.19. The maximum Gasteiger partial charge on any atom is 0.124 e. The monoisotopic (exact) mass is 812 g/mol. The predicted octanol–water partition coefficient (Wildman–Crippen LogP) is 12.4. The highest BCUT2D eigenvalue weighted by Gasteiger charge is 2.32. The Bertz CT molecular complexity index is 2140. The smallest absolute Gasteiger partial charge is 0.124 e. The standard InChI is InChI=1S/2C18H26N2OSi.C12H12N2/c1-22(2,3)12-11-21-14-20-13-19-17(15-9-10-15)18(20)16-7-5-4-6-8-16;1-22(2,3)12-11-21-14-20-13-19-17(18(20)16-9-10-16)15-7-5-4-6-8-15;1-2-4-9(5-3-1)11-12(10-6-7-10)14-8-13-11/h4-8,13,15H,9-12,14H2,1-3H3;4-8,13,16H,9-12,14H2,1-3H3;1-5,8,10H,6-7H2,(H,13,14). The first kappa shape index (κ1) is 41.8.